The van der Waals surface area contributed by atoms with Crippen LogP contribution in [0.1, 0.15) is 23.2 Å². The number of ether oxygens (including phenoxy) is 1. The van der Waals surface area contributed by atoms with Crippen molar-refractivity contribution in [3.05, 3.63) is 51.4 Å². The number of carbonyl (C=O) groups excluding carboxylic acids is 2. The fraction of sp³-hybridized carbons (Fsp3) is 0.250. The summed E-state index contributed by atoms with van der Waals surface area (Å²) in [6.07, 6.45) is 1.84. The van der Waals surface area contributed by atoms with Gasteiger partial charge in [-0.05, 0) is 30.7 Å². The number of esters is 1. The number of aromatic amines is 1. The van der Waals surface area contributed by atoms with Gasteiger partial charge in [0.1, 0.15) is 11.4 Å². The number of benzene rings is 1. The maximum atomic E-state index is 12.1. The van der Waals surface area contributed by atoms with Crippen molar-refractivity contribution < 1.29 is 14.3 Å². The van der Waals surface area contributed by atoms with Crippen molar-refractivity contribution in [2.75, 3.05) is 13.7 Å². The Hall–Kier alpha value is -2.67. The van der Waals surface area contributed by atoms with E-state index < -0.39 is 11.5 Å². The van der Waals surface area contributed by atoms with Crippen LogP contribution in [-0.4, -0.2) is 35.5 Å². The van der Waals surface area contributed by atoms with Crippen LogP contribution in [0.3, 0.4) is 0 Å². The molecule has 24 heavy (non-hydrogen) atoms. The first-order valence-corrected chi connectivity index (χ1v) is 7.59. The number of amides is 1. The molecule has 0 spiro atoms. The predicted octanol–water partition coefficient (Wildman–Crippen LogP) is 1.77. The Morgan fingerprint density at radius 2 is 2.00 bits per heavy atom. The monoisotopic (exact) mass is 349 g/mol. The molecule has 7 nitrogen and oxygen atoms in total. The van der Waals surface area contributed by atoms with Gasteiger partial charge >= 0.3 is 5.97 Å². The molecule has 0 aliphatic heterocycles. The molecule has 1 heterocycles. The Bertz CT molecular complexity index is 787. The van der Waals surface area contributed by atoms with Crippen molar-refractivity contribution in [3.8, 4) is 11.4 Å². The molecule has 0 saturated heterocycles. The Balaban J connectivity index is 2.01. The van der Waals surface area contributed by atoms with Crippen molar-refractivity contribution in [3.63, 3.8) is 0 Å². The molecule has 0 bridgehead atoms. The molecular formula is C16H16ClN3O4. The average Bonchev–Trinajstić information content (AvgIpc) is 2.58. The van der Waals surface area contributed by atoms with Gasteiger partial charge in [0, 0.05) is 29.7 Å². The second-order valence-corrected chi connectivity index (χ2v) is 5.35. The quantitative estimate of drug-likeness (QED) is 0.611. The summed E-state index contributed by atoms with van der Waals surface area (Å²) in [6, 6.07) is 6.79. The second kappa shape index (κ2) is 8.26. The summed E-state index contributed by atoms with van der Waals surface area (Å²) >= 11 is 5.81. The molecule has 0 aliphatic rings. The highest BCUT2D eigenvalue weighted by atomic mass is 35.5. The summed E-state index contributed by atoms with van der Waals surface area (Å²) in [5.41, 5.74) is 0.0488. The van der Waals surface area contributed by atoms with E-state index in [0.29, 0.717) is 22.8 Å². The molecule has 0 unspecified atom stereocenters. The molecule has 126 valence electrons. The minimum absolute atomic E-state index is 0.0919. The van der Waals surface area contributed by atoms with Crippen LogP contribution in [0.15, 0.2) is 35.3 Å². The fourth-order valence-corrected chi connectivity index (χ4v) is 2.07. The van der Waals surface area contributed by atoms with Gasteiger partial charge in [-0.1, -0.05) is 11.6 Å². The van der Waals surface area contributed by atoms with Crippen LogP contribution in [0.4, 0.5) is 0 Å². The number of nitrogens with zero attached hydrogens (tertiary/aromatic N) is 1. The molecular weight excluding hydrogens is 334 g/mol. The van der Waals surface area contributed by atoms with Crippen molar-refractivity contribution in [2.45, 2.75) is 12.8 Å². The molecule has 2 N–H and O–H groups in total. The molecule has 0 fully saturated rings. The van der Waals surface area contributed by atoms with E-state index in [4.69, 9.17) is 11.6 Å². The Morgan fingerprint density at radius 1 is 1.29 bits per heavy atom. The summed E-state index contributed by atoms with van der Waals surface area (Å²) in [6.45, 7) is 0.256. The van der Waals surface area contributed by atoms with E-state index in [1.54, 1.807) is 24.3 Å². The van der Waals surface area contributed by atoms with Crippen LogP contribution in [0, 0.1) is 0 Å². The number of halogens is 1. The number of nitrogens with one attached hydrogen (secondary N) is 2. The maximum Gasteiger partial charge on any atom is 0.305 e. The largest absolute Gasteiger partial charge is 0.469 e. The summed E-state index contributed by atoms with van der Waals surface area (Å²) in [5.74, 6) is -0.550. The summed E-state index contributed by atoms with van der Waals surface area (Å²) in [5, 5.41) is 3.13. The van der Waals surface area contributed by atoms with Gasteiger partial charge in [-0.3, -0.25) is 14.4 Å². The molecule has 8 heteroatoms. The van der Waals surface area contributed by atoms with Crippen molar-refractivity contribution >= 4 is 23.5 Å². The number of aromatic nitrogens is 2. The number of hydrogen-bond donors (Lipinski definition) is 2. The molecule has 0 saturated carbocycles. The molecule has 1 amide bonds. The van der Waals surface area contributed by atoms with Crippen LogP contribution < -0.4 is 10.9 Å². The van der Waals surface area contributed by atoms with E-state index in [1.165, 1.54) is 13.3 Å². The Kier molecular flexibility index (Phi) is 6.08. The van der Waals surface area contributed by atoms with E-state index in [1.807, 2.05) is 0 Å². The minimum atomic E-state index is -0.545. The van der Waals surface area contributed by atoms with Gasteiger partial charge in [-0.2, -0.15) is 0 Å². The molecule has 2 rings (SSSR count). The fourth-order valence-electron chi connectivity index (χ4n) is 1.94. The smallest absolute Gasteiger partial charge is 0.305 e. The van der Waals surface area contributed by atoms with Crippen molar-refractivity contribution in [1.29, 1.82) is 0 Å². The van der Waals surface area contributed by atoms with Gasteiger partial charge in [0.15, 0.2) is 0 Å². The first-order chi connectivity index (χ1) is 11.5. The van der Waals surface area contributed by atoms with Crippen LogP contribution >= 0.6 is 11.6 Å². The van der Waals surface area contributed by atoms with Crippen LogP contribution in [0.2, 0.25) is 5.02 Å². The topological polar surface area (TPSA) is 101 Å². The zero-order valence-corrected chi connectivity index (χ0v) is 13.7. The van der Waals surface area contributed by atoms with Gasteiger partial charge in [0.25, 0.3) is 11.5 Å². The van der Waals surface area contributed by atoms with Gasteiger partial charge in [0.2, 0.25) is 0 Å². The third-order valence-corrected chi connectivity index (χ3v) is 3.48. The lowest BCUT2D eigenvalue weighted by Gasteiger charge is -2.05. The SMILES string of the molecule is COC(=O)CCCNC(=O)c1cnc(-c2ccc(Cl)cc2)[nH]c1=O. The van der Waals surface area contributed by atoms with Crippen molar-refractivity contribution in [1.82, 2.24) is 15.3 Å². The van der Waals surface area contributed by atoms with E-state index >= 15 is 0 Å². The first kappa shape index (κ1) is 17.7. The van der Waals surface area contributed by atoms with Crippen LogP contribution in [0.5, 0.6) is 0 Å². The minimum Gasteiger partial charge on any atom is -0.469 e. The molecule has 2 aromatic rings. The number of hydrogen-bond acceptors (Lipinski definition) is 5. The van der Waals surface area contributed by atoms with Gasteiger partial charge in [0.05, 0.1) is 7.11 Å². The van der Waals surface area contributed by atoms with Crippen molar-refractivity contribution in [2.24, 2.45) is 0 Å². The van der Waals surface area contributed by atoms with E-state index in [9.17, 15) is 14.4 Å². The lowest BCUT2D eigenvalue weighted by Crippen LogP contribution is -2.31. The van der Waals surface area contributed by atoms with Crippen LogP contribution in [0.25, 0.3) is 11.4 Å². The lowest BCUT2D eigenvalue weighted by molar-refractivity contribution is -0.140. The van der Waals surface area contributed by atoms with E-state index in [-0.39, 0.29) is 24.5 Å². The molecule has 0 radical (unpaired) electrons. The number of rotatable bonds is 6. The zero-order valence-electron chi connectivity index (χ0n) is 13.0. The van der Waals surface area contributed by atoms with Gasteiger partial charge < -0.3 is 15.0 Å². The maximum absolute atomic E-state index is 12.1. The third-order valence-electron chi connectivity index (χ3n) is 3.23. The Morgan fingerprint density at radius 3 is 2.62 bits per heavy atom. The highest BCUT2D eigenvalue weighted by Gasteiger charge is 2.12. The molecule has 1 aromatic heterocycles. The van der Waals surface area contributed by atoms with Gasteiger partial charge in [-0.25, -0.2) is 4.98 Å². The zero-order chi connectivity index (χ0) is 17.5. The average molecular weight is 350 g/mol. The third kappa shape index (κ3) is 4.66. The standard InChI is InChI=1S/C16H16ClN3O4/c1-24-13(21)3-2-8-18-15(22)12-9-19-14(20-16(12)23)10-4-6-11(17)7-5-10/h4-7,9H,2-3,8H2,1H3,(H,18,22)(H,19,20,23). The molecule has 0 aliphatic carbocycles. The number of H-pyrrole nitrogens is 1. The second-order valence-electron chi connectivity index (χ2n) is 4.92. The number of carbonyl (C=O) groups is 2. The normalized spacial score (nSPS) is 10.2. The summed E-state index contributed by atoms with van der Waals surface area (Å²) in [7, 11) is 1.30. The summed E-state index contributed by atoms with van der Waals surface area (Å²) in [4.78, 5) is 41.6. The van der Waals surface area contributed by atoms with E-state index in [0.717, 1.165) is 0 Å². The van der Waals surface area contributed by atoms with Crippen LogP contribution in [-0.2, 0) is 9.53 Å². The predicted molar refractivity (Wildman–Crippen MR) is 88.9 cm³/mol. The van der Waals surface area contributed by atoms with E-state index in [2.05, 4.69) is 20.0 Å². The Labute approximate surface area is 143 Å². The number of methoxy groups -OCH3 is 1. The van der Waals surface area contributed by atoms with Gasteiger partial charge in [-0.15, -0.1) is 0 Å². The molecule has 0 atom stereocenters. The highest BCUT2D eigenvalue weighted by Crippen LogP contribution is 2.16. The first-order valence-electron chi connectivity index (χ1n) is 7.21. The molecule has 1 aromatic carbocycles. The highest BCUT2D eigenvalue weighted by molar-refractivity contribution is 6.30. The summed E-state index contributed by atoms with van der Waals surface area (Å²) < 4.78 is 4.50. The lowest BCUT2D eigenvalue weighted by atomic mass is 10.2.